The Bertz CT molecular complexity index is 912. The van der Waals surface area contributed by atoms with Gasteiger partial charge in [0.15, 0.2) is 5.16 Å². The van der Waals surface area contributed by atoms with Gasteiger partial charge >= 0.3 is 0 Å². The maximum Gasteiger partial charge on any atom is 0.190 e. The van der Waals surface area contributed by atoms with Crippen LogP contribution in [0.1, 0.15) is 34.5 Å². The second-order valence-electron chi connectivity index (χ2n) is 6.04. The fraction of sp³-hybridized carbons (Fsp3) is 0.250. The Balaban J connectivity index is 1.73. The van der Waals surface area contributed by atoms with E-state index >= 15 is 0 Å². The minimum absolute atomic E-state index is 0.169. The summed E-state index contributed by atoms with van der Waals surface area (Å²) in [6.45, 7) is 2.80. The van der Waals surface area contributed by atoms with Gasteiger partial charge in [0.1, 0.15) is 23.3 Å². The molecule has 0 saturated heterocycles. The second-order valence-corrected chi connectivity index (χ2v) is 6.98. The first-order valence-corrected chi connectivity index (χ1v) is 9.59. The summed E-state index contributed by atoms with van der Waals surface area (Å²) in [5, 5.41) is 11.4. The monoisotopic (exact) mass is 382 g/mol. The zero-order chi connectivity index (χ0) is 19.2. The SMILES string of the molecule is CCc1cc(N(C)Cc2ccccc2)nc(SCc2ccc(C(=O)[O-])o2)n1. The smallest absolute Gasteiger partial charge is 0.190 e. The zero-order valence-electron chi connectivity index (χ0n) is 15.2. The number of hydrogen-bond acceptors (Lipinski definition) is 7. The number of anilines is 1. The molecule has 140 valence electrons. The third kappa shape index (κ3) is 5.10. The highest BCUT2D eigenvalue weighted by molar-refractivity contribution is 7.98. The summed E-state index contributed by atoms with van der Waals surface area (Å²) in [5.74, 6) is 0.354. The minimum atomic E-state index is -1.32. The number of carbonyl (C=O) groups excluding carboxylic acids is 1. The molecule has 0 aliphatic rings. The van der Waals surface area contributed by atoms with Gasteiger partial charge in [0, 0.05) is 25.4 Å². The molecule has 2 aromatic heterocycles. The van der Waals surface area contributed by atoms with E-state index < -0.39 is 5.97 Å². The molecule has 1 aromatic carbocycles. The molecule has 3 rings (SSSR count). The molecule has 0 spiro atoms. The van der Waals surface area contributed by atoms with Gasteiger partial charge in [-0.1, -0.05) is 49.0 Å². The Morgan fingerprint density at radius 2 is 1.96 bits per heavy atom. The lowest BCUT2D eigenvalue weighted by atomic mass is 10.2. The van der Waals surface area contributed by atoms with Crippen molar-refractivity contribution in [1.82, 2.24) is 9.97 Å². The van der Waals surface area contributed by atoms with Crippen LogP contribution in [-0.4, -0.2) is 23.0 Å². The Labute approximate surface area is 162 Å². The number of aryl methyl sites for hydroxylation is 1. The van der Waals surface area contributed by atoms with Gasteiger partial charge in [-0.05, 0) is 24.1 Å². The minimum Gasteiger partial charge on any atom is -0.542 e. The van der Waals surface area contributed by atoms with Gasteiger partial charge in [-0.25, -0.2) is 9.97 Å². The first-order chi connectivity index (χ1) is 13.0. The summed E-state index contributed by atoms with van der Waals surface area (Å²) in [7, 11) is 2.00. The van der Waals surface area contributed by atoms with Gasteiger partial charge in [-0.2, -0.15) is 0 Å². The highest BCUT2D eigenvalue weighted by atomic mass is 32.2. The maximum atomic E-state index is 10.8. The fourth-order valence-electron chi connectivity index (χ4n) is 2.54. The molecule has 0 unspecified atom stereocenters. The Morgan fingerprint density at radius 1 is 1.19 bits per heavy atom. The molecule has 0 N–H and O–H groups in total. The Kier molecular flexibility index (Phi) is 6.13. The summed E-state index contributed by atoms with van der Waals surface area (Å²) < 4.78 is 5.23. The number of benzene rings is 1. The third-order valence-electron chi connectivity index (χ3n) is 3.97. The van der Waals surface area contributed by atoms with Crippen molar-refractivity contribution in [1.29, 1.82) is 0 Å². The summed E-state index contributed by atoms with van der Waals surface area (Å²) in [6, 6.07) is 15.2. The molecule has 3 aromatic rings. The van der Waals surface area contributed by atoms with Crippen LogP contribution in [0.4, 0.5) is 5.82 Å². The van der Waals surface area contributed by atoms with E-state index in [1.807, 2.05) is 31.3 Å². The van der Waals surface area contributed by atoms with Crippen molar-refractivity contribution in [2.24, 2.45) is 0 Å². The molecule has 0 bridgehead atoms. The molecular formula is C20H20N3O3S-. The zero-order valence-corrected chi connectivity index (χ0v) is 16.0. The van der Waals surface area contributed by atoms with E-state index in [1.54, 1.807) is 6.07 Å². The van der Waals surface area contributed by atoms with E-state index in [0.717, 1.165) is 24.5 Å². The Morgan fingerprint density at radius 3 is 2.63 bits per heavy atom. The van der Waals surface area contributed by atoms with Crippen LogP contribution in [0.25, 0.3) is 0 Å². The number of nitrogens with zero attached hydrogens (tertiary/aromatic N) is 3. The molecule has 27 heavy (non-hydrogen) atoms. The van der Waals surface area contributed by atoms with Crippen molar-refractivity contribution < 1.29 is 14.3 Å². The average molecular weight is 382 g/mol. The number of thioether (sulfide) groups is 1. The first kappa shape index (κ1) is 19.0. The van der Waals surface area contributed by atoms with Crippen molar-refractivity contribution in [2.75, 3.05) is 11.9 Å². The number of carboxylic acid groups (broad SMARTS) is 1. The van der Waals surface area contributed by atoms with Crippen LogP contribution in [-0.2, 0) is 18.7 Å². The summed E-state index contributed by atoms with van der Waals surface area (Å²) in [6.07, 6.45) is 0.803. The van der Waals surface area contributed by atoms with Crippen molar-refractivity contribution in [3.05, 3.63) is 71.3 Å². The van der Waals surface area contributed by atoms with Crippen LogP contribution < -0.4 is 10.0 Å². The Hall–Kier alpha value is -2.80. The first-order valence-electron chi connectivity index (χ1n) is 8.61. The van der Waals surface area contributed by atoms with Crippen molar-refractivity contribution in [2.45, 2.75) is 30.8 Å². The molecule has 0 aliphatic heterocycles. The summed E-state index contributed by atoms with van der Waals surface area (Å²) in [5.41, 5.74) is 2.16. The lowest BCUT2D eigenvalue weighted by Gasteiger charge is -2.19. The van der Waals surface area contributed by atoms with E-state index in [-0.39, 0.29) is 5.76 Å². The van der Waals surface area contributed by atoms with Crippen LogP contribution in [0.15, 0.2) is 58.1 Å². The number of carbonyl (C=O) groups is 1. The molecule has 6 nitrogen and oxygen atoms in total. The second kappa shape index (κ2) is 8.73. The molecule has 2 heterocycles. The normalized spacial score (nSPS) is 10.7. The predicted octanol–water partition coefficient (Wildman–Crippen LogP) is 2.92. The predicted molar refractivity (Wildman–Crippen MR) is 103 cm³/mol. The van der Waals surface area contributed by atoms with Gasteiger partial charge in [0.05, 0.1) is 5.75 Å². The molecule has 0 aliphatic carbocycles. The van der Waals surface area contributed by atoms with Crippen molar-refractivity contribution in [3.63, 3.8) is 0 Å². The molecule has 0 amide bonds. The average Bonchev–Trinajstić information content (AvgIpc) is 3.16. The third-order valence-corrected chi connectivity index (χ3v) is 4.84. The molecule has 0 fully saturated rings. The van der Waals surface area contributed by atoms with Gasteiger partial charge in [-0.15, -0.1) is 0 Å². The summed E-state index contributed by atoms with van der Waals surface area (Å²) in [4.78, 5) is 22.1. The number of aromatic carboxylic acids is 1. The van der Waals surface area contributed by atoms with Crippen LogP contribution in [0.5, 0.6) is 0 Å². The number of carboxylic acids is 1. The van der Waals surface area contributed by atoms with E-state index in [4.69, 9.17) is 4.42 Å². The van der Waals surface area contributed by atoms with Crippen molar-refractivity contribution >= 4 is 23.5 Å². The van der Waals surface area contributed by atoms with Crippen molar-refractivity contribution in [3.8, 4) is 0 Å². The lowest BCUT2D eigenvalue weighted by molar-refractivity contribution is -0.257. The topological polar surface area (TPSA) is 82.3 Å². The molecular weight excluding hydrogens is 362 g/mol. The van der Waals surface area contributed by atoms with Crippen LogP contribution >= 0.6 is 11.8 Å². The van der Waals surface area contributed by atoms with E-state index in [0.29, 0.717) is 16.7 Å². The molecule has 7 heteroatoms. The molecule has 0 atom stereocenters. The van der Waals surface area contributed by atoms with E-state index in [9.17, 15) is 9.90 Å². The van der Waals surface area contributed by atoms with Gasteiger partial charge in [0.25, 0.3) is 0 Å². The fourth-order valence-corrected chi connectivity index (χ4v) is 3.31. The number of aromatic nitrogens is 2. The lowest BCUT2D eigenvalue weighted by Crippen LogP contribution is -2.21. The van der Waals surface area contributed by atoms with Crippen LogP contribution in [0, 0.1) is 0 Å². The molecule has 0 saturated carbocycles. The molecule has 0 radical (unpaired) electrons. The number of hydrogen-bond donors (Lipinski definition) is 0. The van der Waals surface area contributed by atoms with Gasteiger partial charge in [-0.3, -0.25) is 0 Å². The van der Waals surface area contributed by atoms with Crippen LogP contribution in [0.3, 0.4) is 0 Å². The van der Waals surface area contributed by atoms with Gasteiger partial charge < -0.3 is 19.2 Å². The summed E-state index contributed by atoms with van der Waals surface area (Å²) >= 11 is 1.41. The largest absolute Gasteiger partial charge is 0.542 e. The number of furan rings is 1. The quantitative estimate of drug-likeness (QED) is 0.437. The van der Waals surface area contributed by atoms with E-state index in [2.05, 4.69) is 33.9 Å². The highest BCUT2D eigenvalue weighted by Crippen LogP contribution is 2.24. The van der Waals surface area contributed by atoms with E-state index in [1.165, 1.54) is 23.4 Å². The van der Waals surface area contributed by atoms with Gasteiger partial charge in [0.2, 0.25) is 0 Å². The standard InChI is InChI=1S/C20H21N3O3S/c1-3-15-11-18(23(2)12-14-7-5-4-6-8-14)22-20(21-15)27-13-16-9-10-17(26-16)19(24)25/h4-11H,3,12-13H2,1-2H3,(H,24,25)/p-1. The van der Waals surface area contributed by atoms with Crippen LogP contribution in [0.2, 0.25) is 0 Å². The highest BCUT2D eigenvalue weighted by Gasteiger charge is 2.11. The maximum absolute atomic E-state index is 10.8. The number of rotatable bonds is 8.